The molecule has 0 unspecified atom stereocenters. The van der Waals surface area contributed by atoms with Gasteiger partial charge in [0.05, 0.1) is 11.8 Å². The number of halogens is 3. The highest BCUT2D eigenvalue weighted by atomic mass is 32.2. The lowest BCUT2D eigenvalue weighted by Gasteiger charge is -2.37. The standard InChI is InChI=1S/C17H26F3N5O2S/c1-21-16(22-7-4-8-23-28(2,26)27)25-11-9-24(10-12-25)15-6-3-5-14(13-15)17(18,19)20/h3,5-6,13,23H,4,7-12H2,1-2H3,(H,21,22). The molecular weight excluding hydrogens is 395 g/mol. The minimum Gasteiger partial charge on any atom is -0.368 e. The molecule has 2 rings (SSSR count). The van der Waals surface area contributed by atoms with E-state index in [-0.39, 0.29) is 0 Å². The maximum Gasteiger partial charge on any atom is 0.416 e. The maximum atomic E-state index is 12.9. The maximum absolute atomic E-state index is 12.9. The third kappa shape index (κ3) is 6.86. The molecule has 28 heavy (non-hydrogen) atoms. The third-order valence-corrected chi connectivity index (χ3v) is 5.06. The fourth-order valence-corrected chi connectivity index (χ4v) is 3.45. The van der Waals surface area contributed by atoms with Gasteiger partial charge in [0.15, 0.2) is 5.96 Å². The molecule has 7 nitrogen and oxygen atoms in total. The lowest BCUT2D eigenvalue weighted by Crippen LogP contribution is -2.52. The average molecular weight is 421 g/mol. The van der Waals surface area contributed by atoms with Crippen molar-refractivity contribution in [2.75, 3.05) is 57.5 Å². The van der Waals surface area contributed by atoms with Crippen molar-refractivity contribution in [1.82, 2.24) is 14.9 Å². The van der Waals surface area contributed by atoms with E-state index in [9.17, 15) is 21.6 Å². The van der Waals surface area contributed by atoms with Crippen LogP contribution in [0.25, 0.3) is 0 Å². The molecule has 158 valence electrons. The molecule has 1 heterocycles. The van der Waals surface area contributed by atoms with Crippen LogP contribution >= 0.6 is 0 Å². The van der Waals surface area contributed by atoms with Gasteiger partial charge >= 0.3 is 6.18 Å². The van der Waals surface area contributed by atoms with Crippen LogP contribution in [-0.4, -0.2) is 71.8 Å². The highest BCUT2D eigenvalue weighted by molar-refractivity contribution is 7.88. The fourth-order valence-electron chi connectivity index (χ4n) is 2.93. The van der Waals surface area contributed by atoms with Crippen molar-refractivity contribution >= 4 is 21.7 Å². The Morgan fingerprint density at radius 1 is 1.18 bits per heavy atom. The van der Waals surface area contributed by atoms with Crippen molar-refractivity contribution in [1.29, 1.82) is 0 Å². The van der Waals surface area contributed by atoms with Gasteiger partial charge in [-0.25, -0.2) is 13.1 Å². The Labute approximate surface area is 163 Å². The smallest absolute Gasteiger partial charge is 0.368 e. The molecule has 2 N–H and O–H groups in total. The first-order chi connectivity index (χ1) is 13.1. The molecular formula is C17H26F3N5O2S. The molecule has 0 radical (unpaired) electrons. The van der Waals surface area contributed by atoms with Crippen LogP contribution in [0.2, 0.25) is 0 Å². The minimum absolute atomic E-state index is 0.339. The Morgan fingerprint density at radius 3 is 2.43 bits per heavy atom. The fraction of sp³-hybridized carbons (Fsp3) is 0.588. The van der Waals surface area contributed by atoms with E-state index in [1.807, 2.05) is 9.80 Å². The van der Waals surface area contributed by atoms with Gasteiger partial charge in [-0.2, -0.15) is 13.2 Å². The van der Waals surface area contributed by atoms with Crippen LogP contribution in [0.15, 0.2) is 29.3 Å². The molecule has 1 saturated heterocycles. The summed E-state index contributed by atoms with van der Waals surface area (Å²) < 4.78 is 63.2. The van der Waals surface area contributed by atoms with E-state index in [1.54, 1.807) is 13.1 Å². The molecule has 0 saturated carbocycles. The van der Waals surface area contributed by atoms with Gasteiger partial charge in [-0.05, 0) is 24.6 Å². The summed E-state index contributed by atoms with van der Waals surface area (Å²) in [6, 6.07) is 5.37. The van der Waals surface area contributed by atoms with Crippen molar-refractivity contribution in [2.24, 2.45) is 4.99 Å². The molecule has 1 aromatic rings. The van der Waals surface area contributed by atoms with Crippen molar-refractivity contribution in [2.45, 2.75) is 12.6 Å². The quantitative estimate of drug-likeness (QED) is 0.412. The summed E-state index contributed by atoms with van der Waals surface area (Å²) in [4.78, 5) is 8.19. The first kappa shape index (κ1) is 22.3. The summed E-state index contributed by atoms with van der Waals surface area (Å²) in [5, 5.41) is 3.18. The molecule has 1 aliphatic heterocycles. The molecule has 0 bridgehead atoms. The first-order valence-electron chi connectivity index (χ1n) is 8.92. The molecule has 1 aromatic carbocycles. The summed E-state index contributed by atoms with van der Waals surface area (Å²) in [6.07, 6.45) is -2.63. The van der Waals surface area contributed by atoms with Crippen LogP contribution in [-0.2, 0) is 16.2 Å². The van der Waals surface area contributed by atoms with Gasteiger partial charge in [0, 0.05) is 52.0 Å². The highest BCUT2D eigenvalue weighted by Gasteiger charge is 2.31. The number of piperazine rings is 1. The monoisotopic (exact) mass is 421 g/mol. The van der Waals surface area contributed by atoms with E-state index in [1.165, 1.54) is 12.1 Å². The third-order valence-electron chi connectivity index (χ3n) is 4.33. The number of nitrogens with one attached hydrogen (secondary N) is 2. The summed E-state index contributed by atoms with van der Waals surface area (Å²) in [7, 11) is -1.53. The van der Waals surface area contributed by atoms with Crippen LogP contribution in [0.4, 0.5) is 18.9 Å². The van der Waals surface area contributed by atoms with E-state index in [0.717, 1.165) is 12.3 Å². The summed E-state index contributed by atoms with van der Waals surface area (Å²) in [5.41, 5.74) is -0.0862. The summed E-state index contributed by atoms with van der Waals surface area (Å²) >= 11 is 0. The van der Waals surface area contributed by atoms with Gasteiger partial charge in [0.1, 0.15) is 0 Å². The second-order valence-corrected chi connectivity index (χ2v) is 8.35. The zero-order chi connectivity index (χ0) is 20.8. The first-order valence-corrected chi connectivity index (χ1v) is 10.8. The number of nitrogens with zero attached hydrogens (tertiary/aromatic N) is 3. The largest absolute Gasteiger partial charge is 0.416 e. The van der Waals surface area contributed by atoms with E-state index >= 15 is 0 Å². The number of benzene rings is 1. The van der Waals surface area contributed by atoms with Gasteiger partial charge < -0.3 is 15.1 Å². The second-order valence-electron chi connectivity index (χ2n) is 6.52. The van der Waals surface area contributed by atoms with Crippen molar-refractivity contribution < 1.29 is 21.6 Å². The van der Waals surface area contributed by atoms with E-state index in [4.69, 9.17) is 0 Å². The number of guanidine groups is 1. The molecule has 0 atom stereocenters. The summed E-state index contributed by atoms with van der Waals surface area (Å²) in [6.45, 7) is 3.31. The molecule has 1 aliphatic rings. The van der Waals surface area contributed by atoms with Crippen LogP contribution in [0, 0.1) is 0 Å². The van der Waals surface area contributed by atoms with Crippen molar-refractivity contribution in [3.05, 3.63) is 29.8 Å². The Hall–Kier alpha value is -2.01. The number of anilines is 1. The van der Waals surface area contributed by atoms with Crippen molar-refractivity contribution in [3.63, 3.8) is 0 Å². The zero-order valence-corrected chi connectivity index (χ0v) is 16.8. The lowest BCUT2D eigenvalue weighted by molar-refractivity contribution is -0.137. The SMILES string of the molecule is CN=C(NCCCNS(C)(=O)=O)N1CCN(c2cccc(C(F)(F)F)c2)CC1. The van der Waals surface area contributed by atoms with Gasteiger partial charge in [0.25, 0.3) is 0 Å². The van der Waals surface area contributed by atoms with Crippen LogP contribution in [0.3, 0.4) is 0 Å². The number of sulfonamides is 1. The topological polar surface area (TPSA) is 77.0 Å². The number of hydrogen-bond donors (Lipinski definition) is 2. The van der Waals surface area contributed by atoms with Crippen LogP contribution in [0.1, 0.15) is 12.0 Å². The Kier molecular flexibility index (Phi) is 7.53. The average Bonchev–Trinajstić information content (AvgIpc) is 2.63. The van der Waals surface area contributed by atoms with Crippen LogP contribution in [0.5, 0.6) is 0 Å². The zero-order valence-electron chi connectivity index (χ0n) is 16.0. The van der Waals surface area contributed by atoms with Gasteiger partial charge in [-0.1, -0.05) is 6.07 Å². The predicted molar refractivity (Wildman–Crippen MR) is 104 cm³/mol. The number of aliphatic imine (C=N–C) groups is 1. The molecule has 11 heteroatoms. The Balaban J connectivity index is 1.83. The number of alkyl halides is 3. The van der Waals surface area contributed by atoms with E-state index < -0.39 is 21.8 Å². The highest BCUT2D eigenvalue weighted by Crippen LogP contribution is 2.31. The summed E-state index contributed by atoms with van der Waals surface area (Å²) in [5.74, 6) is 0.697. The Morgan fingerprint density at radius 2 is 1.86 bits per heavy atom. The predicted octanol–water partition coefficient (Wildman–Crippen LogP) is 1.34. The van der Waals surface area contributed by atoms with Gasteiger partial charge in [-0.3, -0.25) is 4.99 Å². The normalized spacial score (nSPS) is 16.4. The van der Waals surface area contributed by atoms with E-state index in [2.05, 4.69) is 15.0 Å². The van der Waals surface area contributed by atoms with Gasteiger partial charge in [-0.15, -0.1) is 0 Å². The Bertz CT molecular complexity index is 775. The second kappa shape index (κ2) is 9.46. The van der Waals surface area contributed by atoms with Crippen molar-refractivity contribution in [3.8, 4) is 0 Å². The molecule has 0 amide bonds. The number of hydrogen-bond acceptors (Lipinski definition) is 4. The molecule has 0 aliphatic carbocycles. The molecule has 0 aromatic heterocycles. The van der Waals surface area contributed by atoms with Gasteiger partial charge in [0.2, 0.25) is 10.0 Å². The van der Waals surface area contributed by atoms with Crippen LogP contribution < -0.4 is 14.9 Å². The molecule has 0 spiro atoms. The number of rotatable bonds is 6. The lowest BCUT2D eigenvalue weighted by atomic mass is 10.1. The van der Waals surface area contributed by atoms with E-state index in [0.29, 0.717) is 57.3 Å². The minimum atomic E-state index is -4.35. The molecule has 1 fully saturated rings.